The molecule has 0 aliphatic heterocycles. The van der Waals surface area contributed by atoms with Crippen molar-refractivity contribution in [3.63, 3.8) is 0 Å². The van der Waals surface area contributed by atoms with Crippen LogP contribution >= 0.6 is 11.8 Å². The second-order valence-corrected chi connectivity index (χ2v) is 5.18. The lowest BCUT2D eigenvalue weighted by molar-refractivity contribution is 0.376. The molecule has 0 fully saturated rings. The molecule has 0 aliphatic carbocycles. The number of aromatic nitrogens is 5. The molecule has 0 N–H and O–H groups in total. The van der Waals surface area contributed by atoms with Crippen LogP contribution in [0.3, 0.4) is 0 Å². The Hall–Kier alpha value is -1.63. The zero-order chi connectivity index (χ0) is 13.1. The average Bonchev–Trinajstić information content (AvgIpc) is 2.90. The molecular weight excluding hydrogens is 250 g/mol. The monoisotopic (exact) mass is 265 g/mol. The van der Waals surface area contributed by atoms with Gasteiger partial charge >= 0.3 is 0 Å². The van der Waals surface area contributed by atoms with Crippen LogP contribution in [-0.4, -0.2) is 24.9 Å². The van der Waals surface area contributed by atoms with Crippen molar-refractivity contribution in [1.82, 2.24) is 24.9 Å². The van der Waals surface area contributed by atoms with Crippen LogP contribution in [0.1, 0.15) is 29.7 Å². The van der Waals surface area contributed by atoms with Gasteiger partial charge in [0.15, 0.2) is 11.0 Å². The predicted octanol–water partition coefficient (Wildman–Crippen LogP) is 2.32. The van der Waals surface area contributed by atoms with Gasteiger partial charge in [0.2, 0.25) is 5.89 Å². The maximum absolute atomic E-state index is 5.15. The first-order chi connectivity index (χ1) is 8.61. The lowest BCUT2D eigenvalue weighted by Gasteiger charge is -2.07. The third kappa shape index (κ3) is 2.61. The largest absolute Gasteiger partial charge is 0.338 e. The second-order valence-electron chi connectivity index (χ2n) is 3.87. The van der Waals surface area contributed by atoms with E-state index < -0.39 is 0 Å². The van der Waals surface area contributed by atoms with E-state index >= 15 is 0 Å². The fourth-order valence-corrected chi connectivity index (χ4v) is 2.41. The van der Waals surface area contributed by atoms with E-state index in [2.05, 4.69) is 26.9 Å². The van der Waals surface area contributed by atoms with Crippen molar-refractivity contribution >= 4 is 11.8 Å². The summed E-state index contributed by atoms with van der Waals surface area (Å²) in [6.07, 6.45) is 1.82. The van der Waals surface area contributed by atoms with E-state index in [0.717, 1.165) is 11.0 Å². The first kappa shape index (κ1) is 12.8. The van der Waals surface area contributed by atoms with Gasteiger partial charge in [0, 0.05) is 6.54 Å². The lowest BCUT2D eigenvalue weighted by atomic mass is 10.5. The summed E-state index contributed by atoms with van der Waals surface area (Å²) in [6, 6.07) is 0. The summed E-state index contributed by atoms with van der Waals surface area (Å²) in [5, 5.41) is 12.9. The number of rotatable bonds is 5. The molecule has 0 radical (unpaired) electrons. The molecule has 2 heterocycles. The summed E-state index contributed by atoms with van der Waals surface area (Å²) in [5.74, 6) is 2.11. The highest BCUT2D eigenvalue weighted by Crippen LogP contribution is 2.32. The van der Waals surface area contributed by atoms with E-state index in [-0.39, 0.29) is 5.25 Å². The highest BCUT2D eigenvalue weighted by molar-refractivity contribution is 7.99. The quantitative estimate of drug-likeness (QED) is 0.610. The van der Waals surface area contributed by atoms with E-state index in [0.29, 0.717) is 18.3 Å². The highest BCUT2D eigenvalue weighted by Gasteiger charge is 2.18. The van der Waals surface area contributed by atoms with Crippen LogP contribution in [0.2, 0.25) is 0 Å². The summed E-state index contributed by atoms with van der Waals surface area (Å²) < 4.78 is 7.14. The van der Waals surface area contributed by atoms with Crippen molar-refractivity contribution in [3.8, 4) is 0 Å². The number of nitrogens with zero attached hydrogens (tertiary/aromatic N) is 5. The Morgan fingerprint density at radius 2 is 2.22 bits per heavy atom. The number of thioether (sulfide) groups is 1. The van der Waals surface area contributed by atoms with E-state index in [1.165, 1.54) is 0 Å². The summed E-state index contributed by atoms with van der Waals surface area (Å²) in [4.78, 5) is 4.21. The van der Waals surface area contributed by atoms with Gasteiger partial charge in [-0.1, -0.05) is 23.0 Å². The van der Waals surface area contributed by atoms with Gasteiger partial charge in [-0.05, 0) is 20.8 Å². The van der Waals surface area contributed by atoms with Crippen molar-refractivity contribution in [2.45, 2.75) is 37.7 Å². The molecule has 0 saturated carbocycles. The van der Waals surface area contributed by atoms with Gasteiger partial charge in [0.25, 0.3) is 0 Å². The van der Waals surface area contributed by atoms with Gasteiger partial charge < -0.3 is 9.09 Å². The molecule has 6 nitrogen and oxygen atoms in total. The Balaban J connectivity index is 2.16. The topological polar surface area (TPSA) is 69.6 Å². The molecule has 96 valence electrons. The predicted molar refractivity (Wildman–Crippen MR) is 68.3 cm³/mol. The smallest absolute Gasteiger partial charge is 0.239 e. The maximum atomic E-state index is 5.15. The van der Waals surface area contributed by atoms with Crippen molar-refractivity contribution in [2.75, 3.05) is 0 Å². The second kappa shape index (κ2) is 5.34. The number of hydrogen-bond donors (Lipinski definition) is 0. The van der Waals surface area contributed by atoms with Crippen LogP contribution in [-0.2, 0) is 6.54 Å². The summed E-state index contributed by atoms with van der Waals surface area (Å²) in [5.41, 5.74) is 0. The van der Waals surface area contributed by atoms with Crippen LogP contribution in [0, 0.1) is 13.8 Å². The first-order valence-corrected chi connectivity index (χ1v) is 6.47. The van der Waals surface area contributed by atoms with Crippen LogP contribution in [0.4, 0.5) is 0 Å². The molecule has 0 aliphatic rings. The van der Waals surface area contributed by atoms with Crippen molar-refractivity contribution in [3.05, 3.63) is 30.2 Å². The average molecular weight is 265 g/mol. The van der Waals surface area contributed by atoms with Gasteiger partial charge in [0.05, 0.1) is 5.25 Å². The van der Waals surface area contributed by atoms with Gasteiger partial charge in [-0.25, -0.2) is 0 Å². The van der Waals surface area contributed by atoms with E-state index in [9.17, 15) is 0 Å². The maximum Gasteiger partial charge on any atom is 0.239 e. The van der Waals surface area contributed by atoms with Gasteiger partial charge in [-0.2, -0.15) is 4.98 Å². The van der Waals surface area contributed by atoms with Crippen LogP contribution < -0.4 is 0 Å². The summed E-state index contributed by atoms with van der Waals surface area (Å²) in [6.45, 7) is 10.1. The zero-order valence-electron chi connectivity index (χ0n) is 10.6. The molecule has 18 heavy (non-hydrogen) atoms. The van der Waals surface area contributed by atoms with E-state index in [1.807, 2.05) is 24.5 Å². The standard InChI is InChI=1S/C11H15N5OS/c1-5-6-16-9(4)13-14-11(16)18-7(2)10-12-8(3)15-17-10/h5,7H,1,6H2,2-4H3/t7-/m0/s1. The Morgan fingerprint density at radius 3 is 2.83 bits per heavy atom. The molecular formula is C11H15N5OS. The van der Waals surface area contributed by atoms with Gasteiger partial charge in [-0.15, -0.1) is 16.8 Å². The molecule has 2 aromatic rings. The summed E-state index contributed by atoms with van der Waals surface area (Å²) in [7, 11) is 0. The first-order valence-electron chi connectivity index (χ1n) is 5.59. The Kier molecular flexibility index (Phi) is 3.81. The molecule has 0 aromatic carbocycles. The molecule has 2 aromatic heterocycles. The Morgan fingerprint density at radius 1 is 1.44 bits per heavy atom. The van der Waals surface area contributed by atoms with Crippen molar-refractivity contribution in [2.24, 2.45) is 0 Å². The third-order valence-electron chi connectivity index (χ3n) is 2.39. The molecule has 0 bridgehead atoms. The van der Waals surface area contributed by atoms with E-state index in [1.54, 1.807) is 18.7 Å². The van der Waals surface area contributed by atoms with Crippen LogP contribution in [0.25, 0.3) is 0 Å². The van der Waals surface area contributed by atoms with Crippen LogP contribution in [0.5, 0.6) is 0 Å². The highest BCUT2D eigenvalue weighted by atomic mass is 32.2. The zero-order valence-corrected chi connectivity index (χ0v) is 11.4. The van der Waals surface area contributed by atoms with E-state index in [4.69, 9.17) is 4.52 Å². The minimum Gasteiger partial charge on any atom is -0.338 e. The minimum atomic E-state index is 0.0402. The molecule has 0 amide bonds. The molecule has 7 heteroatoms. The Bertz CT molecular complexity index is 547. The van der Waals surface area contributed by atoms with Crippen molar-refractivity contribution < 1.29 is 4.52 Å². The summed E-state index contributed by atoms with van der Waals surface area (Å²) >= 11 is 1.54. The fourth-order valence-electron chi connectivity index (χ4n) is 1.47. The number of aryl methyl sites for hydroxylation is 2. The molecule has 1 atom stereocenters. The van der Waals surface area contributed by atoms with Crippen LogP contribution in [0.15, 0.2) is 22.3 Å². The molecule has 0 saturated heterocycles. The molecule has 0 spiro atoms. The normalized spacial score (nSPS) is 12.6. The number of hydrogen-bond acceptors (Lipinski definition) is 6. The number of allylic oxidation sites excluding steroid dienone is 1. The third-order valence-corrected chi connectivity index (χ3v) is 3.45. The van der Waals surface area contributed by atoms with Gasteiger partial charge in [-0.3, -0.25) is 0 Å². The van der Waals surface area contributed by atoms with Gasteiger partial charge in [0.1, 0.15) is 5.82 Å². The van der Waals surface area contributed by atoms with Crippen molar-refractivity contribution in [1.29, 1.82) is 0 Å². The Labute approximate surface area is 109 Å². The lowest BCUT2D eigenvalue weighted by Crippen LogP contribution is -2.01. The fraction of sp³-hybridized carbons (Fsp3) is 0.455. The SMILES string of the molecule is C=CCn1c(C)nnc1S[C@@H](C)c1nc(C)no1. The molecule has 0 unspecified atom stereocenters. The molecule has 2 rings (SSSR count). The minimum absolute atomic E-state index is 0.0402.